The lowest BCUT2D eigenvalue weighted by Gasteiger charge is -2.41. The quantitative estimate of drug-likeness (QED) is 0.546. The molecule has 4 rings (SSSR count). The van der Waals surface area contributed by atoms with E-state index in [9.17, 15) is 0 Å². The van der Waals surface area contributed by atoms with Crippen LogP contribution in [0, 0.1) is 17.8 Å². The third kappa shape index (κ3) is 1.56. The van der Waals surface area contributed by atoms with Crippen molar-refractivity contribution in [2.45, 2.75) is 64.2 Å². The smallest absolute Gasteiger partial charge is 0.0128 e. The molecule has 0 radical (unpaired) electrons. The molecule has 0 aromatic carbocycles. The molecule has 0 heteroatoms. The predicted molar refractivity (Wildman–Crippen MR) is 71.7 cm³/mol. The minimum atomic E-state index is 0.980. The lowest BCUT2D eigenvalue weighted by atomic mass is 9.64. The molecular formula is C17H24. The Balaban J connectivity index is 1.71. The molecule has 0 unspecified atom stereocenters. The summed E-state index contributed by atoms with van der Waals surface area (Å²) in [6, 6.07) is 0. The molecule has 0 nitrogen and oxygen atoms in total. The summed E-state index contributed by atoms with van der Waals surface area (Å²) in [4.78, 5) is 0. The van der Waals surface area contributed by atoms with Gasteiger partial charge in [-0.2, -0.15) is 0 Å². The lowest BCUT2D eigenvalue weighted by Crippen LogP contribution is -2.29. The van der Waals surface area contributed by atoms with Gasteiger partial charge in [-0.15, -0.1) is 0 Å². The van der Waals surface area contributed by atoms with E-state index in [2.05, 4.69) is 6.08 Å². The number of rotatable bonds is 0. The van der Waals surface area contributed by atoms with Crippen LogP contribution in [0.15, 0.2) is 22.8 Å². The normalized spacial score (nSPS) is 40.5. The van der Waals surface area contributed by atoms with Crippen LogP contribution in [0.3, 0.4) is 0 Å². The van der Waals surface area contributed by atoms with Gasteiger partial charge in [-0.1, -0.05) is 18.1 Å². The molecule has 0 aliphatic heterocycles. The van der Waals surface area contributed by atoms with Crippen LogP contribution in [0.2, 0.25) is 0 Å². The van der Waals surface area contributed by atoms with E-state index >= 15 is 0 Å². The van der Waals surface area contributed by atoms with Gasteiger partial charge in [-0.05, 0) is 86.7 Å². The van der Waals surface area contributed by atoms with E-state index in [0.29, 0.717) is 0 Å². The zero-order chi connectivity index (χ0) is 11.2. The Morgan fingerprint density at radius 3 is 2.82 bits per heavy atom. The number of hydrogen-bond donors (Lipinski definition) is 0. The summed E-state index contributed by atoms with van der Waals surface area (Å²) in [5, 5.41) is 0. The Labute approximate surface area is 105 Å². The molecule has 4 aliphatic carbocycles. The van der Waals surface area contributed by atoms with Gasteiger partial charge in [0.15, 0.2) is 0 Å². The first-order valence-corrected chi connectivity index (χ1v) is 7.85. The van der Waals surface area contributed by atoms with Crippen LogP contribution in [-0.4, -0.2) is 0 Å². The molecule has 1 saturated carbocycles. The van der Waals surface area contributed by atoms with Crippen LogP contribution in [0.25, 0.3) is 0 Å². The average Bonchev–Trinajstić information content (AvgIpc) is 2.86. The van der Waals surface area contributed by atoms with E-state index in [0.717, 1.165) is 17.8 Å². The zero-order valence-corrected chi connectivity index (χ0v) is 10.9. The summed E-state index contributed by atoms with van der Waals surface area (Å²) in [5.74, 6) is 3.12. The van der Waals surface area contributed by atoms with E-state index in [1.807, 2.05) is 16.7 Å². The molecule has 0 N–H and O–H groups in total. The minimum absolute atomic E-state index is 0.980. The first-order valence-electron chi connectivity index (χ1n) is 7.85. The van der Waals surface area contributed by atoms with Crippen LogP contribution >= 0.6 is 0 Å². The Bertz CT molecular complexity index is 385. The molecule has 92 valence electrons. The third-order valence-electron chi connectivity index (χ3n) is 5.96. The van der Waals surface area contributed by atoms with Gasteiger partial charge >= 0.3 is 0 Å². The van der Waals surface area contributed by atoms with Crippen LogP contribution in [-0.2, 0) is 0 Å². The fourth-order valence-corrected chi connectivity index (χ4v) is 5.19. The van der Waals surface area contributed by atoms with Crippen molar-refractivity contribution in [2.24, 2.45) is 17.8 Å². The molecule has 3 atom stereocenters. The third-order valence-corrected chi connectivity index (χ3v) is 5.96. The van der Waals surface area contributed by atoms with Gasteiger partial charge < -0.3 is 0 Å². The molecule has 0 saturated heterocycles. The molecular weight excluding hydrogens is 204 g/mol. The first-order chi connectivity index (χ1) is 8.43. The number of hydrogen-bond acceptors (Lipinski definition) is 0. The fraction of sp³-hybridized carbons (Fsp3) is 0.765. The van der Waals surface area contributed by atoms with Crippen molar-refractivity contribution in [1.29, 1.82) is 0 Å². The van der Waals surface area contributed by atoms with Crippen molar-refractivity contribution in [3.05, 3.63) is 22.8 Å². The topological polar surface area (TPSA) is 0 Å². The van der Waals surface area contributed by atoms with Crippen molar-refractivity contribution in [3.63, 3.8) is 0 Å². The largest absolute Gasteiger partial charge is 0.0805 e. The van der Waals surface area contributed by atoms with Gasteiger partial charge in [0.2, 0.25) is 0 Å². The molecule has 0 bridgehead atoms. The minimum Gasteiger partial charge on any atom is -0.0805 e. The highest BCUT2D eigenvalue weighted by molar-refractivity contribution is 5.42. The summed E-state index contributed by atoms with van der Waals surface area (Å²) in [5.41, 5.74) is 5.54. The molecule has 17 heavy (non-hydrogen) atoms. The Kier molecular flexibility index (Phi) is 2.45. The second-order valence-corrected chi connectivity index (χ2v) is 6.68. The van der Waals surface area contributed by atoms with Crippen molar-refractivity contribution < 1.29 is 0 Å². The van der Waals surface area contributed by atoms with E-state index in [-0.39, 0.29) is 0 Å². The van der Waals surface area contributed by atoms with E-state index in [1.165, 1.54) is 64.2 Å². The fourth-order valence-electron chi connectivity index (χ4n) is 5.19. The summed E-state index contributed by atoms with van der Waals surface area (Å²) >= 11 is 0. The second kappa shape index (κ2) is 4.00. The maximum Gasteiger partial charge on any atom is -0.0128 e. The molecule has 0 heterocycles. The molecule has 0 aromatic rings. The molecule has 1 fully saturated rings. The summed E-state index contributed by atoms with van der Waals surface area (Å²) in [6.07, 6.45) is 17.3. The summed E-state index contributed by atoms with van der Waals surface area (Å²) in [6.45, 7) is 0. The summed E-state index contributed by atoms with van der Waals surface area (Å²) < 4.78 is 0. The van der Waals surface area contributed by atoms with Crippen molar-refractivity contribution in [2.75, 3.05) is 0 Å². The maximum absolute atomic E-state index is 2.66. The molecule has 0 spiro atoms. The van der Waals surface area contributed by atoms with E-state index < -0.39 is 0 Å². The SMILES string of the molecule is C1=C2C3=C(CCCC3)CC[C@H]2[C@@H]2CCC[C@H]2C1. The monoisotopic (exact) mass is 228 g/mol. The average molecular weight is 228 g/mol. The van der Waals surface area contributed by atoms with Crippen molar-refractivity contribution in [3.8, 4) is 0 Å². The zero-order valence-electron chi connectivity index (χ0n) is 10.9. The maximum atomic E-state index is 2.66. The van der Waals surface area contributed by atoms with Gasteiger partial charge in [-0.3, -0.25) is 0 Å². The van der Waals surface area contributed by atoms with Crippen LogP contribution in [0.5, 0.6) is 0 Å². The Morgan fingerprint density at radius 1 is 0.882 bits per heavy atom. The Morgan fingerprint density at radius 2 is 1.82 bits per heavy atom. The van der Waals surface area contributed by atoms with E-state index in [4.69, 9.17) is 0 Å². The van der Waals surface area contributed by atoms with Gasteiger partial charge in [0.05, 0.1) is 0 Å². The highest BCUT2D eigenvalue weighted by Gasteiger charge is 2.40. The number of fused-ring (bicyclic) bond motifs is 4. The summed E-state index contributed by atoms with van der Waals surface area (Å²) in [7, 11) is 0. The Hall–Kier alpha value is -0.520. The van der Waals surface area contributed by atoms with Crippen molar-refractivity contribution in [1.82, 2.24) is 0 Å². The molecule has 0 aromatic heterocycles. The molecule has 0 amide bonds. The molecule has 4 aliphatic rings. The van der Waals surface area contributed by atoms with Gasteiger partial charge in [0.1, 0.15) is 0 Å². The highest BCUT2D eigenvalue weighted by Crippen LogP contribution is 2.53. The van der Waals surface area contributed by atoms with Crippen LogP contribution < -0.4 is 0 Å². The van der Waals surface area contributed by atoms with Gasteiger partial charge in [-0.25, -0.2) is 0 Å². The first kappa shape index (κ1) is 10.4. The second-order valence-electron chi connectivity index (χ2n) is 6.68. The van der Waals surface area contributed by atoms with Gasteiger partial charge in [0, 0.05) is 0 Å². The van der Waals surface area contributed by atoms with Crippen LogP contribution in [0.4, 0.5) is 0 Å². The lowest BCUT2D eigenvalue weighted by molar-refractivity contribution is 0.256. The standard InChI is InChI=1S/C17H24/c1-2-6-14-12(4-1)8-10-17-15-7-3-5-13(15)9-11-16(14)17/h11,13,15,17H,1-10H2/t13-,15+,17-/m0/s1. The van der Waals surface area contributed by atoms with Gasteiger partial charge in [0.25, 0.3) is 0 Å². The predicted octanol–water partition coefficient (Wildman–Crippen LogP) is 5.01. The highest BCUT2D eigenvalue weighted by atomic mass is 14.5. The van der Waals surface area contributed by atoms with E-state index in [1.54, 1.807) is 0 Å². The van der Waals surface area contributed by atoms with Crippen molar-refractivity contribution >= 4 is 0 Å². The van der Waals surface area contributed by atoms with Crippen LogP contribution in [0.1, 0.15) is 64.2 Å². The number of allylic oxidation sites excluding steroid dienone is 4.